The van der Waals surface area contributed by atoms with Gasteiger partial charge in [-0.25, -0.2) is 0 Å². The van der Waals surface area contributed by atoms with Crippen molar-refractivity contribution in [1.82, 2.24) is 4.90 Å². The Morgan fingerprint density at radius 2 is 2.12 bits per heavy atom. The molecule has 17 heavy (non-hydrogen) atoms. The van der Waals surface area contributed by atoms with E-state index in [1.165, 1.54) is 0 Å². The number of halogens is 2. The molecular formula is C12H16Cl2N2S. The van der Waals surface area contributed by atoms with E-state index in [9.17, 15) is 0 Å². The zero-order valence-electron chi connectivity index (χ0n) is 9.75. The lowest BCUT2D eigenvalue weighted by Gasteiger charge is -2.21. The Morgan fingerprint density at radius 1 is 1.41 bits per heavy atom. The van der Waals surface area contributed by atoms with Crippen LogP contribution in [0.4, 0.5) is 0 Å². The van der Waals surface area contributed by atoms with E-state index in [2.05, 4.69) is 11.8 Å². The molecule has 0 saturated carbocycles. The van der Waals surface area contributed by atoms with E-state index in [1.54, 1.807) is 6.07 Å². The van der Waals surface area contributed by atoms with Crippen molar-refractivity contribution in [3.05, 3.63) is 33.8 Å². The number of nitrogens with zero attached hydrogens (tertiary/aromatic N) is 1. The molecule has 0 amide bonds. The fraction of sp³-hybridized carbons (Fsp3) is 0.417. The summed E-state index contributed by atoms with van der Waals surface area (Å²) in [6, 6.07) is 5.65. The molecular weight excluding hydrogens is 275 g/mol. The average molecular weight is 291 g/mol. The summed E-state index contributed by atoms with van der Waals surface area (Å²) in [6.07, 6.45) is 1.04. The SMILES string of the molecule is CCCN(CC(N)=S)Cc1cccc(Cl)c1Cl. The van der Waals surface area contributed by atoms with Crippen molar-refractivity contribution < 1.29 is 0 Å². The van der Waals surface area contributed by atoms with Gasteiger partial charge in [0.15, 0.2) is 0 Å². The normalized spacial score (nSPS) is 10.8. The molecule has 0 unspecified atom stereocenters. The molecule has 0 bridgehead atoms. The predicted molar refractivity (Wildman–Crippen MR) is 78.8 cm³/mol. The maximum Gasteiger partial charge on any atom is 0.0870 e. The maximum absolute atomic E-state index is 6.15. The largest absolute Gasteiger partial charge is 0.392 e. The molecule has 0 spiro atoms. The summed E-state index contributed by atoms with van der Waals surface area (Å²) < 4.78 is 0. The topological polar surface area (TPSA) is 29.3 Å². The number of hydrogen-bond acceptors (Lipinski definition) is 2. The van der Waals surface area contributed by atoms with Gasteiger partial charge in [0.25, 0.3) is 0 Å². The minimum Gasteiger partial charge on any atom is -0.392 e. The number of nitrogens with two attached hydrogens (primary N) is 1. The fourth-order valence-electron chi connectivity index (χ4n) is 1.66. The molecule has 0 fully saturated rings. The second kappa shape index (κ2) is 7.17. The minimum atomic E-state index is 0.497. The van der Waals surface area contributed by atoms with Gasteiger partial charge < -0.3 is 5.73 Å². The van der Waals surface area contributed by atoms with E-state index in [1.807, 2.05) is 12.1 Å². The molecule has 5 heteroatoms. The molecule has 0 radical (unpaired) electrons. The van der Waals surface area contributed by atoms with Crippen molar-refractivity contribution in [2.75, 3.05) is 13.1 Å². The third kappa shape index (κ3) is 4.80. The number of benzene rings is 1. The molecule has 1 aromatic carbocycles. The van der Waals surface area contributed by atoms with Crippen molar-refractivity contribution >= 4 is 40.4 Å². The first-order chi connectivity index (χ1) is 8.04. The molecule has 0 saturated heterocycles. The van der Waals surface area contributed by atoms with Crippen LogP contribution in [0.2, 0.25) is 10.0 Å². The molecule has 1 rings (SSSR count). The Morgan fingerprint density at radius 3 is 2.71 bits per heavy atom. The first-order valence-electron chi connectivity index (χ1n) is 5.48. The number of hydrogen-bond donors (Lipinski definition) is 1. The van der Waals surface area contributed by atoms with Crippen LogP contribution in [-0.2, 0) is 6.54 Å². The first kappa shape index (κ1) is 14.7. The third-order valence-electron chi connectivity index (χ3n) is 2.34. The second-order valence-corrected chi connectivity index (χ2v) is 5.20. The lowest BCUT2D eigenvalue weighted by molar-refractivity contribution is 0.304. The highest BCUT2D eigenvalue weighted by molar-refractivity contribution is 7.80. The molecule has 2 nitrogen and oxygen atoms in total. The smallest absolute Gasteiger partial charge is 0.0870 e. The van der Waals surface area contributed by atoms with Gasteiger partial charge >= 0.3 is 0 Å². The Balaban J connectivity index is 2.78. The van der Waals surface area contributed by atoms with Crippen LogP contribution in [0.25, 0.3) is 0 Å². The molecule has 2 N–H and O–H groups in total. The van der Waals surface area contributed by atoms with E-state index in [-0.39, 0.29) is 0 Å². The van der Waals surface area contributed by atoms with Crippen LogP contribution in [-0.4, -0.2) is 23.0 Å². The zero-order chi connectivity index (χ0) is 12.8. The molecule has 0 aliphatic heterocycles. The summed E-state index contributed by atoms with van der Waals surface area (Å²) in [5.74, 6) is 0. The van der Waals surface area contributed by atoms with Crippen molar-refractivity contribution in [1.29, 1.82) is 0 Å². The van der Waals surface area contributed by atoms with Gasteiger partial charge in [0, 0.05) is 13.1 Å². The summed E-state index contributed by atoms with van der Waals surface area (Å²) in [5.41, 5.74) is 6.58. The molecule has 0 aliphatic carbocycles. The van der Waals surface area contributed by atoms with Crippen LogP contribution in [0.5, 0.6) is 0 Å². The van der Waals surface area contributed by atoms with Gasteiger partial charge in [0.05, 0.1) is 15.0 Å². The fourth-order valence-corrected chi connectivity index (χ4v) is 2.22. The van der Waals surface area contributed by atoms with Gasteiger partial charge in [-0.15, -0.1) is 0 Å². The first-order valence-corrected chi connectivity index (χ1v) is 6.64. The molecule has 0 aromatic heterocycles. The van der Waals surface area contributed by atoms with Gasteiger partial charge in [-0.3, -0.25) is 4.90 Å². The van der Waals surface area contributed by atoms with E-state index in [0.717, 1.165) is 18.5 Å². The van der Waals surface area contributed by atoms with Crippen LogP contribution < -0.4 is 5.73 Å². The monoisotopic (exact) mass is 290 g/mol. The highest BCUT2D eigenvalue weighted by Crippen LogP contribution is 2.26. The van der Waals surface area contributed by atoms with Gasteiger partial charge in [-0.05, 0) is 24.6 Å². The summed E-state index contributed by atoms with van der Waals surface area (Å²) >= 11 is 17.1. The van der Waals surface area contributed by atoms with Crippen LogP contribution in [0.3, 0.4) is 0 Å². The zero-order valence-corrected chi connectivity index (χ0v) is 12.1. The van der Waals surface area contributed by atoms with Gasteiger partial charge in [-0.1, -0.05) is 54.5 Å². The highest BCUT2D eigenvalue weighted by atomic mass is 35.5. The quantitative estimate of drug-likeness (QED) is 0.813. The molecule has 94 valence electrons. The predicted octanol–water partition coefficient (Wildman–Crippen LogP) is 3.49. The Labute approximate surface area is 118 Å². The van der Waals surface area contributed by atoms with E-state index >= 15 is 0 Å². The van der Waals surface area contributed by atoms with Crippen LogP contribution in [0.1, 0.15) is 18.9 Å². The van der Waals surface area contributed by atoms with Gasteiger partial charge in [0.2, 0.25) is 0 Å². The standard InChI is InChI=1S/C12H16Cl2N2S/c1-2-6-16(8-11(15)17)7-9-4-3-5-10(13)12(9)14/h3-5H,2,6-8H2,1H3,(H2,15,17). The van der Waals surface area contributed by atoms with Crippen molar-refractivity contribution in [2.24, 2.45) is 5.73 Å². The van der Waals surface area contributed by atoms with E-state index < -0.39 is 0 Å². The molecule has 1 aromatic rings. The summed E-state index contributed by atoms with van der Waals surface area (Å²) in [4.78, 5) is 2.66. The lowest BCUT2D eigenvalue weighted by Crippen LogP contribution is -2.33. The minimum absolute atomic E-state index is 0.497. The molecule has 0 aliphatic rings. The summed E-state index contributed by atoms with van der Waals surface area (Å²) in [7, 11) is 0. The van der Waals surface area contributed by atoms with E-state index in [4.69, 9.17) is 41.2 Å². The van der Waals surface area contributed by atoms with E-state index in [0.29, 0.717) is 28.1 Å². The molecule has 0 heterocycles. The molecule has 0 atom stereocenters. The number of thiocarbonyl (C=S) groups is 1. The Kier molecular flexibility index (Phi) is 6.20. The van der Waals surface area contributed by atoms with Crippen LogP contribution in [0, 0.1) is 0 Å². The van der Waals surface area contributed by atoms with Crippen molar-refractivity contribution in [3.63, 3.8) is 0 Å². The van der Waals surface area contributed by atoms with Crippen LogP contribution in [0.15, 0.2) is 18.2 Å². The summed E-state index contributed by atoms with van der Waals surface area (Å²) in [6.45, 7) is 4.36. The Hall–Kier alpha value is -0.350. The maximum atomic E-state index is 6.15. The van der Waals surface area contributed by atoms with Crippen molar-refractivity contribution in [3.8, 4) is 0 Å². The van der Waals surface area contributed by atoms with Gasteiger partial charge in [-0.2, -0.15) is 0 Å². The highest BCUT2D eigenvalue weighted by Gasteiger charge is 2.10. The van der Waals surface area contributed by atoms with Crippen LogP contribution >= 0.6 is 35.4 Å². The van der Waals surface area contributed by atoms with Gasteiger partial charge in [0.1, 0.15) is 0 Å². The van der Waals surface area contributed by atoms with Crippen molar-refractivity contribution in [2.45, 2.75) is 19.9 Å². The summed E-state index contributed by atoms with van der Waals surface area (Å²) in [5, 5.41) is 1.19. The lowest BCUT2D eigenvalue weighted by atomic mass is 10.2. The second-order valence-electron chi connectivity index (χ2n) is 3.89. The third-order valence-corrected chi connectivity index (χ3v) is 3.33. The number of rotatable bonds is 6. The Bertz CT molecular complexity index is 396. The average Bonchev–Trinajstić information content (AvgIpc) is 2.24.